The molecule has 28 heavy (non-hydrogen) atoms. The minimum absolute atomic E-state index is 0.0436. The zero-order chi connectivity index (χ0) is 21.5. The molecule has 7 nitrogen and oxygen atoms in total. The fourth-order valence-corrected chi connectivity index (χ4v) is 3.08. The van der Waals surface area contributed by atoms with Crippen LogP contribution in [0.25, 0.3) is 0 Å². The summed E-state index contributed by atoms with van der Waals surface area (Å²) >= 11 is 11.6. The Bertz CT molecular complexity index is 916. The number of phenolic OH excluding ortho intramolecular Hbond substituents is 1. The van der Waals surface area contributed by atoms with Crippen LogP contribution < -0.4 is 5.73 Å². The van der Waals surface area contributed by atoms with Gasteiger partial charge in [0.25, 0.3) is 10.1 Å². The van der Waals surface area contributed by atoms with E-state index >= 15 is 0 Å². The van der Waals surface area contributed by atoms with Crippen LogP contribution in [0.4, 0.5) is 0 Å². The zero-order valence-corrected chi connectivity index (χ0v) is 17.6. The predicted octanol–water partition coefficient (Wildman–Crippen LogP) is 3.89. The van der Waals surface area contributed by atoms with Crippen LogP contribution in [-0.2, 0) is 19.6 Å². The van der Waals surface area contributed by atoms with Crippen molar-refractivity contribution in [3.63, 3.8) is 0 Å². The maximum absolute atomic E-state index is 11.3. The van der Waals surface area contributed by atoms with Crippen molar-refractivity contribution in [3.8, 4) is 5.75 Å². The van der Waals surface area contributed by atoms with Gasteiger partial charge >= 0.3 is 5.97 Å². The van der Waals surface area contributed by atoms with Crippen LogP contribution in [0.2, 0.25) is 10.0 Å². The van der Waals surface area contributed by atoms with Gasteiger partial charge < -0.3 is 15.6 Å². The lowest BCUT2D eigenvalue weighted by atomic mass is 10.0. The van der Waals surface area contributed by atoms with Gasteiger partial charge in [0.05, 0.1) is 22.9 Å². The molecule has 0 spiro atoms. The predicted molar refractivity (Wildman–Crippen MR) is 107 cm³/mol. The number of esters is 1. The van der Waals surface area contributed by atoms with E-state index in [-0.39, 0.29) is 28.7 Å². The molecule has 0 aromatic heterocycles. The van der Waals surface area contributed by atoms with Crippen molar-refractivity contribution in [2.45, 2.75) is 31.2 Å². The Labute approximate surface area is 173 Å². The van der Waals surface area contributed by atoms with Crippen molar-refractivity contribution >= 4 is 39.3 Å². The number of hydrogen-bond acceptors (Lipinski definition) is 6. The highest BCUT2D eigenvalue weighted by Crippen LogP contribution is 2.35. The smallest absolute Gasteiger partial charge is 0.307 e. The Hall–Kier alpha value is -1.84. The minimum atomic E-state index is -4.02. The Morgan fingerprint density at radius 1 is 1.21 bits per heavy atom. The first-order valence-corrected chi connectivity index (χ1v) is 10.3. The van der Waals surface area contributed by atoms with Gasteiger partial charge in [0, 0.05) is 16.6 Å². The lowest BCUT2D eigenvalue weighted by Crippen LogP contribution is -2.17. The van der Waals surface area contributed by atoms with Gasteiger partial charge in [-0.3, -0.25) is 9.35 Å². The van der Waals surface area contributed by atoms with Gasteiger partial charge in [-0.25, -0.2) is 0 Å². The Morgan fingerprint density at radius 3 is 2.29 bits per heavy atom. The normalized spacial score (nSPS) is 11.9. The summed E-state index contributed by atoms with van der Waals surface area (Å²) in [5.74, 6) is -0.594. The summed E-state index contributed by atoms with van der Waals surface area (Å²) in [6.07, 6.45) is -0.0436. The highest BCUT2D eigenvalue weighted by Gasteiger charge is 2.18. The monoisotopic (exact) mass is 449 g/mol. The third-order valence-electron chi connectivity index (χ3n) is 3.47. The number of aryl methyl sites for hydroxylation is 1. The van der Waals surface area contributed by atoms with Gasteiger partial charge in [0.2, 0.25) is 0 Å². The molecule has 0 aliphatic rings. The summed E-state index contributed by atoms with van der Waals surface area (Å²) in [7, 11) is -4.02. The number of carbonyl (C=O) groups excluding carboxylic acids is 1. The van der Waals surface area contributed by atoms with E-state index in [4.69, 9.17) is 38.2 Å². The highest BCUT2D eigenvalue weighted by atomic mass is 35.5. The van der Waals surface area contributed by atoms with Crippen LogP contribution in [-0.4, -0.2) is 30.7 Å². The number of phenols is 1. The zero-order valence-electron chi connectivity index (χ0n) is 15.2. The number of rotatable bonds is 5. The minimum Gasteiger partial charge on any atom is -0.506 e. The second-order valence-corrected chi connectivity index (χ2v) is 7.99. The van der Waals surface area contributed by atoms with Crippen LogP contribution in [0.15, 0.2) is 41.3 Å². The Morgan fingerprint density at radius 2 is 1.79 bits per heavy atom. The first-order valence-electron chi connectivity index (χ1n) is 8.09. The molecular formula is C18H21Cl2NO6S. The molecule has 10 heteroatoms. The van der Waals surface area contributed by atoms with Crippen molar-refractivity contribution in [1.82, 2.24) is 0 Å². The van der Waals surface area contributed by atoms with Crippen molar-refractivity contribution in [2.75, 3.05) is 6.61 Å². The Kier molecular flexibility index (Phi) is 9.19. The molecule has 0 saturated heterocycles. The van der Waals surface area contributed by atoms with Crippen molar-refractivity contribution in [2.24, 2.45) is 5.73 Å². The maximum Gasteiger partial charge on any atom is 0.307 e. The third kappa shape index (κ3) is 7.65. The number of aromatic hydroxyl groups is 1. The van der Waals surface area contributed by atoms with Gasteiger partial charge in [0.1, 0.15) is 5.75 Å². The molecule has 0 heterocycles. The molecule has 2 aromatic carbocycles. The molecule has 4 N–H and O–H groups in total. The molecule has 0 fully saturated rings. The van der Waals surface area contributed by atoms with E-state index in [1.54, 1.807) is 19.1 Å². The molecule has 2 aromatic rings. The molecule has 0 saturated carbocycles. The van der Waals surface area contributed by atoms with E-state index in [0.29, 0.717) is 10.6 Å². The Balaban J connectivity index is 0.000000307. The summed E-state index contributed by atoms with van der Waals surface area (Å²) in [4.78, 5) is 11.2. The SMILES string of the molecule is CCOC(=O)C[C@H](N)c1cc(Cl)cc(Cl)c1O.Cc1ccc(S(=O)(=O)O)cc1. The van der Waals surface area contributed by atoms with Crippen LogP contribution in [0.1, 0.15) is 30.5 Å². The van der Waals surface area contributed by atoms with Crippen molar-refractivity contribution < 1.29 is 27.6 Å². The summed E-state index contributed by atoms with van der Waals surface area (Å²) in [5, 5.41) is 10.2. The molecule has 0 bridgehead atoms. The standard InChI is InChI=1S/C11H13Cl2NO3.C7H8O3S/c1-2-17-10(15)5-9(14)7-3-6(12)4-8(13)11(7)16;1-6-2-4-7(5-3-6)11(8,9)10/h3-4,9,16H,2,5,14H2,1H3;2-5H,1H3,(H,8,9,10)/t9-;/m0./s1. The molecule has 0 radical (unpaired) electrons. The lowest BCUT2D eigenvalue weighted by Gasteiger charge is -2.14. The van der Waals surface area contributed by atoms with Crippen LogP contribution in [0, 0.1) is 6.92 Å². The third-order valence-corrected chi connectivity index (χ3v) is 4.84. The first kappa shape index (κ1) is 24.2. The fourth-order valence-electron chi connectivity index (χ4n) is 2.09. The van der Waals surface area contributed by atoms with E-state index < -0.39 is 22.1 Å². The second kappa shape index (κ2) is 10.6. The average molecular weight is 450 g/mol. The van der Waals surface area contributed by atoms with E-state index in [1.165, 1.54) is 24.3 Å². The molecule has 154 valence electrons. The first-order chi connectivity index (χ1) is 13.0. The van der Waals surface area contributed by atoms with Gasteiger partial charge in [-0.05, 0) is 38.1 Å². The second-order valence-electron chi connectivity index (χ2n) is 5.73. The number of ether oxygens (including phenoxy) is 1. The van der Waals surface area contributed by atoms with Gasteiger partial charge in [-0.15, -0.1) is 0 Å². The van der Waals surface area contributed by atoms with Crippen LogP contribution in [0.5, 0.6) is 5.75 Å². The van der Waals surface area contributed by atoms with E-state index in [2.05, 4.69) is 0 Å². The van der Waals surface area contributed by atoms with Gasteiger partial charge in [-0.2, -0.15) is 8.42 Å². The number of benzene rings is 2. The van der Waals surface area contributed by atoms with E-state index in [1.807, 2.05) is 6.92 Å². The van der Waals surface area contributed by atoms with Crippen LogP contribution in [0.3, 0.4) is 0 Å². The topological polar surface area (TPSA) is 127 Å². The fraction of sp³-hybridized carbons (Fsp3) is 0.278. The maximum atomic E-state index is 11.3. The molecule has 0 aliphatic heterocycles. The summed E-state index contributed by atoms with van der Waals surface area (Å²) in [6, 6.07) is 8.16. The summed E-state index contributed by atoms with van der Waals surface area (Å²) < 4.78 is 34.3. The van der Waals surface area contributed by atoms with Gasteiger partial charge in [-0.1, -0.05) is 40.9 Å². The number of carbonyl (C=O) groups is 1. The summed E-state index contributed by atoms with van der Waals surface area (Å²) in [6.45, 7) is 3.83. The average Bonchev–Trinajstić information content (AvgIpc) is 2.58. The molecular weight excluding hydrogens is 429 g/mol. The van der Waals surface area contributed by atoms with E-state index in [0.717, 1.165) is 5.56 Å². The van der Waals surface area contributed by atoms with Gasteiger partial charge in [0.15, 0.2) is 0 Å². The molecule has 0 unspecified atom stereocenters. The van der Waals surface area contributed by atoms with Crippen LogP contribution >= 0.6 is 23.2 Å². The van der Waals surface area contributed by atoms with E-state index in [9.17, 15) is 18.3 Å². The number of nitrogens with two attached hydrogens (primary N) is 1. The number of halogens is 2. The number of hydrogen-bond donors (Lipinski definition) is 3. The van der Waals surface area contributed by atoms with Crippen molar-refractivity contribution in [3.05, 3.63) is 57.6 Å². The molecule has 2 rings (SSSR count). The van der Waals surface area contributed by atoms with Crippen molar-refractivity contribution in [1.29, 1.82) is 0 Å². The molecule has 0 amide bonds. The summed E-state index contributed by atoms with van der Waals surface area (Å²) in [5.41, 5.74) is 7.07. The quantitative estimate of drug-likeness (QED) is 0.466. The largest absolute Gasteiger partial charge is 0.506 e. The molecule has 0 aliphatic carbocycles. The lowest BCUT2D eigenvalue weighted by molar-refractivity contribution is -0.143. The highest BCUT2D eigenvalue weighted by molar-refractivity contribution is 7.85. The molecule has 1 atom stereocenters.